The van der Waals surface area contributed by atoms with Gasteiger partial charge in [-0.1, -0.05) is 31.0 Å². The lowest BCUT2D eigenvalue weighted by Crippen LogP contribution is -2.44. The number of nitrogens with one attached hydrogen (secondary N) is 1. The molecule has 1 aromatic rings. The monoisotopic (exact) mass is 348 g/mol. The molecule has 2 aliphatic rings. The summed E-state index contributed by atoms with van der Waals surface area (Å²) in [7, 11) is 0. The van der Waals surface area contributed by atoms with Gasteiger partial charge in [0.2, 0.25) is 0 Å². The number of likely N-dealkylation sites (tertiary alicyclic amines) is 1. The van der Waals surface area contributed by atoms with Crippen molar-refractivity contribution in [2.45, 2.75) is 45.1 Å². The Hall–Kier alpha value is -2.11. The summed E-state index contributed by atoms with van der Waals surface area (Å²) in [6.45, 7) is 2.25. The Morgan fingerprint density at radius 2 is 2.00 bits per heavy atom. The molecule has 2 amide bonds. The molecule has 3 rings (SSSR count). The molecule has 1 aliphatic carbocycles. The zero-order valence-corrected chi connectivity index (χ0v) is 14.5. The minimum atomic E-state index is -0.905. The fourth-order valence-electron chi connectivity index (χ4n) is 4.00. The van der Waals surface area contributed by atoms with Gasteiger partial charge in [0.1, 0.15) is 5.82 Å². The Labute approximate surface area is 147 Å². The third-order valence-corrected chi connectivity index (χ3v) is 5.67. The van der Waals surface area contributed by atoms with Gasteiger partial charge >= 0.3 is 12.0 Å². The van der Waals surface area contributed by atoms with E-state index < -0.39 is 11.4 Å². The van der Waals surface area contributed by atoms with Gasteiger partial charge in [0.25, 0.3) is 0 Å². The van der Waals surface area contributed by atoms with Crippen LogP contribution < -0.4 is 5.32 Å². The predicted molar refractivity (Wildman–Crippen MR) is 91.6 cm³/mol. The lowest BCUT2D eigenvalue weighted by Gasteiger charge is -2.28. The SMILES string of the molecule is CC1(C(=O)O)CCN(C(=O)NC(c2ccccc2F)C2CCCC2)C1. The average Bonchev–Trinajstić information content (AvgIpc) is 3.24. The first-order valence-corrected chi connectivity index (χ1v) is 8.94. The summed E-state index contributed by atoms with van der Waals surface area (Å²) in [5.41, 5.74) is -0.388. The molecular weight excluding hydrogens is 323 g/mol. The maximum absolute atomic E-state index is 14.3. The van der Waals surface area contributed by atoms with E-state index in [1.54, 1.807) is 25.1 Å². The largest absolute Gasteiger partial charge is 0.481 e. The Morgan fingerprint density at radius 3 is 2.60 bits per heavy atom. The number of urea groups is 1. The summed E-state index contributed by atoms with van der Waals surface area (Å²) < 4.78 is 14.3. The second kappa shape index (κ2) is 7.02. The first-order valence-electron chi connectivity index (χ1n) is 8.94. The molecule has 6 heteroatoms. The van der Waals surface area contributed by atoms with Crippen molar-refractivity contribution < 1.29 is 19.1 Å². The highest BCUT2D eigenvalue weighted by molar-refractivity contribution is 5.79. The quantitative estimate of drug-likeness (QED) is 0.874. The van der Waals surface area contributed by atoms with Crippen molar-refractivity contribution >= 4 is 12.0 Å². The number of nitrogens with zero attached hydrogens (tertiary/aromatic N) is 1. The molecule has 1 saturated carbocycles. The Kier molecular flexibility index (Phi) is 4.97. The van der Waals surface area contributed by atoms with Crippen molar-refractivity contribution in [1.29, 1.82) is 0 Å². The first-order chi connectivity index (χ1) is 11.9. The standard InChI is InChI=1S/C19H25FN2O3/c1-19(17(23)24)10-11-22(12-19)18(25)21-16(13-6-2-3-7-13)14-8-4-5-9-15(14)20/h4-5,8-9,13,16H,2-3,6-7,10-12H2,1H3,(H,21,25)(H,23,24). The van der Waals surface area contributed by atoms with E-state index in [4.69, 9.17) is 0 Å². The van der Waals surface area contributed by atoms with E-state index in [0.717, 1.165) is 25.7 Å². The summed E-state index contributed by atoms with van der Waals surface area (Å²) in [5, 5.41) is 12.3. The number of halogens is 1. The third kappa shape index (κ3) is 3.62. The van der Waals surface area contributed by atoms with Crippen LogP contribution in [0.15, 0.2) is 24.3 Å². The zero-order chi connectivity index (χ0) is 18.0. The van der Waals surface area contributed by atoms with Crippen molar-refractivity contribution in [2.75, 3.05) is 13.1 Å². The van der Waals surface area contributed by atoms with E-state index in [9.17, 15) is 19.1 Å². The van der Waals surface area contributed by atoms with Gasteiger partial charge in [-0.25, -0.2) is 9.18 Å². The van der Waals surface area contributed by atoms with Crippen LogP contribution in [0.25, 0.3) is 0 Å². The number of hydrogen-bond acceptors (Lipinski definition) is 2. The topological polar surface area (TPSA) is 69.6 Å². The number of carboxylic acid groups (broad SMARTS) is 1. The van der Waals surface area contributed by atoms with Gasteiger partial charge in [-0.05, 0) is 38.2 Å². The van der Waals surface area contributed by atoms with Crippen LogP contribution in [0, 0.1) is 17.2 Å². The molecule has 25 heavy (non-hydrogen) atoms. The van der Waals surface area contributed by atoms with E-state index >= 15 is 0 Å². The van der Waals surface area contributed by atoms with Gasteiger partial charge in [0.15, 0.2) is 0 Å². The molecule has 2 fully saturated rings. The molecule has 136 valence electrons. The minimum absolute atomic E-state index is 0.183. The van der Waals surface area contributed by atoms with E-state index in [0.29, 0.717) is 18.5 Å². The maximum atomic E-state index is 14.3. The predicted octanol–water partition coefficient (Wildman–Crippen LogP) is 3.56. The lowest BCUT2D eigenvalue weighted by atomic mass is 9.90. The molecule has 1 heterocycles. The van der Waals surface area contributed by atoms with Crippen molar-refractivity contribution in [3.63, 3.8) is 0 Å². The molecular formula is C19H25FN2O3. The number of amides is 2. The number of carbonyl (C=O) groups excluding carboxylic acids is 1. The average molecular weight is 348 g/mol. The van der Waals surface area contributed by atoms with Crippen molar-refractivity contribution in [1.82, 2.24) is 10.2 Å². The Morgan fingerprint density at radius 1 is 1.32 bits per heavy atom. The van der Waals surface area contributed by atoms with Crippen LogP contribution >= 0.6 is 0 Å². The Balaban J connectivity index is 1.76. The molecule has 2 N–H and O–H groups in total. The fraction of sp³-hybridized carbons (Fsp3) is 0.579. The summed E-state index contributed by atoms with van der Waals surface area (Å²) in [6, 6.07) is 5.90. The molecule has 0 radical (unpaired) electrons. The fourth-order valence-corrected chi connectivity index (χ4v) is 4.00. The normalized spacial score (nSPS) is 25.1. The van der Waals surface area contributed by atoms with Gasteiger partial charge in [-0.15, -0.1) is 0 Å². The van der Waals surface area contributed by atoms with Crippen LogP contribution in [0.4, 0.5) is 9.18 Å². The number of carbonyl (C=O) groups is 2. The summed E-state index contributed by atoms with van der Waals surface area (Å²) in [6.07, 6.45) is 4.54. The van der Waals surface area contributed by atoms with E-state index in [1.165, 1.54) is 11.0 Å². The number of rotatable bonds is 4. The van der Waals surface area contributed by atoms with Crippen molar-refractivity contribution in [3.8, 4) is 0 Å². The Bertz CT molecular complexity index is 660. The van der Waals surface area contributed by atoms with Crippen LogP contribution in [-0.2, 0) is 4.79 Å². The van der Waals surface area contributed by atoms with Crippen molar-refractivity contribution in [3.05, 3.63) is 35.6 Å². The molecule has 1 aliphatic heterocycles. The molecule has 0 aromatic heterocycles. The highest BCUT2D eigenvalue weighted by Gasteiger charge is 2.43. The summed E-state index contributed by atoms with van der Waals surface area (Å²) >= 11 is 0. The molecule has 1 saturated heterocycles. The lowest BCUT2D eigenvalue weighted by molar-refractivity contribution is -0.147. The van der Waals surface area contributed by atoms with Gasteiger partial charge < -0.3 is 15.3 Å². The van der Waals surface area contributed by atoms with E-state index in [-0.39, 0.29) is 30.4 Å². The highest BCUT2D eigenvalue weighted by Crippen LogP contribution is 2.37. The van der Waals surface area contributed by atoms with Gasteiger partial charge in [-0.3, -0.25) is 4.79 Å². The summed E-state index contributed by atoms with van der Waals surface area (Å²) in [4.78, 5) is 25.6. The first kappa shape index (κ1) is 17.7. The molecule has 1 aromatic carbocycles. The number of benzene rings is 1. The van der Waals surface area contributed by atoms with E-state index in [1.807, 2.05) is 0 Å². The molecule has 5 nitrogen and oxygen atoms in total. The third-order valence-electron chi connectivity index (χ3n) is 5.67. The van der Waals surface area contributed by atoms with Crippen LogP contribution in [-0.4, -0.2) is 35.1 Å². The zero-order valence-electron chi connectivity index (χ0n) is 14.5. The molecule has 0 bridgehead atoms. The van der Waals surface area contributed by atoms with Crippen LogP contribution in [0.3, 0.4) is 0 Å². The summed E-state index contributed by atoms with van der Waals surface area (Å²) in [5.74, 6) is -0.977. The van der Waals surface area contributed by atoms with Gasteiger partial charge in [-0.2, -0.15) is 0 Å². The minimum Gasteiger partial charge on any atom is -0.481 e. The second-order valence-electron chi connectivity index (χ2n) is 7.53. The van der Waals surface area contributed by atoms with Gasteiger partial charge in [0.05, 0.1) is 11.5 Å². The van der Waals surface area contributed by atoms with Gasteiger partial charge in [0, 0.05) is 18.7 Å². The molecule has 2 unspecified atom stereocenters. The molecule has 2 atom stereocenters. The highest BCUT2D eigenvalue weighted by atomic mass is 19.1. The van der Waals surface area contributed by atoms with Crippen LogP contribution in [0.1, 0.15) is 50.6 Å². The smallest absolute Gasteiger partial charge is 0.317 e. The van der Waals surface area contributed by atoms with E-state index in [2.05, 4.69) is 5.32 Å². The number of aliphatic carboxylic acids is 1. The van der Waals surface area contributed by atoms with Crippen LogP contribution in [0.5, 0.6) is 0 Å². The maximum Gasteiger partial charge on any atom is 0.317 e. The number of hydrogen-bond donors (Lipinski definition) is 2. The van der Waals surface area contributed by atoms with Crippen LogP contribution in [0.2, 0.25) is 0 Å². The number of carboxylic acids is 1. The second-order valence-corrected chi connectivity index (χ2v) is 7.53. The molecule has 0 spiro atoms. The van der Waals surface area contributed by atoms with Crippen molar-refractivity contribution in [2.24, 2.45) is 11.3 Å².